The first kappa shape index (κ1) is 14.7. The number of esters is 1. The Morgan fingerprint density at radius 3 is 2.28 bits per heavy atom. The third-order valence-corrected chi connectivity index (χ3v) is 3.90. The molecule has 0 atom stereocenters. The Kier molecular flexibility index (Phi) is 4.16. The summed E-state index contributed by atoms with van der Waals surface area (Å²) in [5, 5.41) is 0. The van der Waals surface area contributed by atoms with Crippen molar-refractivity contribution in [1.29, 1.82) is 0 Å². The van der Waals surface area contributed by atoms with Gasteiger partial charge in [-0.15, -0.1) is 0 Å². The van der Waals surface area contributed by atoms with Crippen LogP contribution in [-0.4, -0.2) is 25.7 Å². The molecule has 0 aliphatic carbocycles. The smallest absolute Gasteiger partial charge is 0.322 e. The van der Waals surface area contributed by atoms with Crippen LogP contribution in [0.25, 0.3) is 0 Å². The second-order valence-corrected chi connectivity index (χ2v) is 7.07. The molecule has 0 heterocycles. The standard InChI is InChI=1S/C13H18O4S/c1-10-7-5-6-8-11(10)18(15,16)9-12(14)17-13(2,3)4/h5-8H,9H2,1-4H3. The summed E-state index contributed by atoms with van der Waals surface area (Å²) in [5.74, 6) is -1.36. The Hall–Kier alpha value is -1.36. The second kappa shape index (κ2) is 5.10. The maximum atomic E-state index is 12.0. The van der Waals surface area contributed by atoms with Crippen molar-refractivity contribution in [2.75, 3.05) is 5.75 Å². The molecule has 0 saturated heterocycles. The van der Waals surface area contributed by atoms with Gasteiger partial charge < -0.3 is 4.74 Å². The lowest BCUT2D eigenvalue weighted by atomic mass is 10.2. The monoisotopic (exact) mass is 270 g/mol. The quantitative estimate of drug-likeness (QED) is 0.789. The predicted octanol–water partition coefficient (Wildman–Crippen LogP) is 2.11. The van der Waals surface area contributed by atoms with E-state index < -0.39 is 27.2 Å². The summed E-state index contributed by atoms with van der Waals surface area (Å²) in [6.07, 6.45) is 0. The van der Waals surface area contributed by atoms with Gasteiger partial charge in [-0.3, -0.25) is 4.79 Å². The van der Waals surface area contributed by atoms with Gasteiger partial charge >= 0.3 is 5.97 Å². The first-order valence-corrected chi connectivity index (χ1v) is 7.27. The molecule has 0 unspecified atom stereocenters. The molecule has 1 rings (SSSR count). The topological polar surface area (TPSA) is 60.4 Å². The molecule has 0 saturated carbocycles. The highest BCUT2D eigenvalue weighted by Crippen LogP contribution is 2.17. The Bertz CT molecular complexity index is 538. The number of benzene rings is 1. The minimum atomic E-state index is -3.64. The fourth-order valence-corrected chi connectivity index (χ4v) is 2.88. The summed E-state index contributed by atoms with van der Waals surface area (Å²) in [7, 11) is -3.64. The highest BCUT2D eigenvalue weighted by molar-refractivity contribution is 7.92. The molecule has 0 aliphatic heterocycles. The van der Waals surface area contributed by atoms with Crippen molar-refractivity contribution in [3.05, 3.63) is 29.8 Å². The number of sulfone groups is 1. The van der Waals surface area contributed by atoms with Crippen LogP contribution in [0.5, 0.6) is 0 Å². The van der Waals surface area contributed by atoms with E-state index in [2.05, 4.69) is 0 Å². The molecule has 0 bridgehead atoms. The van der Waals surface area contributed by atoms with Gasteiger partial charge in [0.1, 0.15) is 5.60 Å². The lowest BCUT2D eigenvalue weighted by Crippen LogP contribution is -2.28. The van der Waals surface area contributed by atoms with E-state index in [-0.39, 0.29) is 4.90 Å². The molecule has 0 aliphatic rings. The number of rotatable bonds is 3. The zero-order valence-corrected chi connectivity index (χ0v) is 11.9. The normalized spacial score (nSPS) is 12.2. The fourth-order valence-electron chi connectivity index (χ4n) is 1.51. The second-order valence-electron chi connectivity index (χ2n) is 5.11. The largest absolute Gasteiger partial charge is 0.459 e. The summed E-state index contributed by atoms with van der Waals surface area (Å²) in [4.78, 5) is 11.7. The Morgan fingerprint density at radius 2 is 1.78 bits per heavy atom. The van der Waals surface area contributed by atoms with E-state index in [0.717, 1.165) is 0 Å². The molecule has 0 amide bonds. The van der Waals surface area contributed by atoms with Crippen LogP contribution in [0.4, 0.5) is 0 Å². The highest BCUT2D eigenvalue weighted by atomic mass is 32.2. The van der Waals surface area contributed by atoms with E-state index in [1.165, 1.54) is 6.07 Å². The zero-order chi connectivity index (χ0) is 14.0. The van der Waals surface area contributed by atoms with Crippen molar-refractivity contribution < 1.29 is 17.9 Å². The molecular weight excluding hydrogens is 252 g/mol. The van der Waals surface area contributed by atoms with E-state index in [1.54, 1.807) is 45.9 Å². The summed E-state index contributed by atoms with van der Waals surface area (Å²) < 4.78 is 29.1. The SMILES string of the molecule is Cc1ccccc1S(=O)(=O)CC(=O)OC(C)(C)C. The lowest BCUT2D eigenvalue weighted by molar-refractivity contribution is -0.151. The van der Waals surface area contributed by atoms with Crippen LogP contribution in [0.2, 0.25) is 0 Å². The van der Waals surface area contributed by atoms with E-state index in [0.29, 0.717) is 5.56 Å². The van der Waals surface area contributed by atoms with Crippen LogP contribution >= 0.6 is 0 Å². The maximum absolute atomic E-state index is 12.0. The van der Waals surface area contributed by atoms with E-state index >= 15 is 0 Å². The van der Waals surface area contributed by atoms with Crippen molar-refractivity contribution in [3.63, 3.8) is 0 Å². The number of carbonyl (C=O) groups is 1. The Morgan fingerprint density at radius 1 is 1.22 bits per heavy atom. The van der Waals surface area contributed by atoms with Crippen molar-refractivity contribution in [2.24, 2.45) is 0 Å². The van der Waals surface area contributed by atoms with Crippen LogP contribution in [0.1, 0.15) is 26.3 Å². The first-order valence-electron chi connectivity index (χ1n) is 5.62. The van der Waals surface area contributed by atoms with Gasteiger partial charge in [0.25, 0.3) is 0 Å². The molecule has 1 aromatic carbocycles. The van der Waals surface area contributed by atoms with Crippen LogP contribution in [-0.2, 0) is 19.4 Å². The fraction of sp³-hybridized carbons (Fsp3) is 0.462. The van der Waals surface area contributed by atoms with Crippen molar-refractivity contribution in [1.82, 2.24) is 0 Å². The maximum Gasteiger partial charge on any atom is 0.322 e. The minimum Gasteiger partial charge on any atom is -0.459 e. The number of hydrogen-bond donors (Lipinski definition) is 0. The molecule has 0 spiro atoms. The third-order valence-electron chi connectivity index (χ3n) is 2.16. The zero-order valence-electron chi connectivity index (χ0n) is 11.1. The number of carbonyl (C=O) groups excluding carboxylic acids is 1. The molecule has 5 heteroatoms. The third kappa shape index (κ3) is 4.14. The molecule has 1 aromatic rings. The first-order chi connectivity index (χ1) is 8.12. The molecule has 0 N–H and O–H groups in total. The molecule has 100 valence electrons. The van der Waals surface area contributed by atoms with Crippen LogP contribution in [0, 0.1) is 6.92 Å². The van der Waals surface area contributed by atoms with Crippen LogP contribution in [0.15, 0.2) is 29.2 Å². The number of ether oxygens (including phenoxy) is 1. The average Bonchev–Trinajstić information content (AvgIpc) is 2.13. The number of hydrogen-bond acceptors (Lipinski definition) is 4. The molecule has 18 heavy (non-hydrogen) atoms. The van der Waals surface area contributed by atoms with Gasteiger partial charge in [-0.25, -0.2) is 8.42 Å². The average molecular weight is 270 g/mol. The van der Waals surface area contributed by atoms with Crippen molar-refractivity contribution in [3.8, 4) is 0 Å². The van der Waals surface area contributed by atoms with Crippen molar-refractivity contribution >= 4 is 15.8 Å². The van der Waals surface area contributed by atoms with Crippen LogP contribution in [0.3, 0.4) is 0 Å². The van der Waals surface area contributed by atoms with E-state index in [9.17, 15) is 13.2 Å². The Balaban J connectivity index is 2.91. The summed E-state index contributed by atoms with van der Waals surface area (Å²) in [6.45, 7) is 6.80. The van der Waals surface area contributed by atoms with E-state index in [1.807, 2.05) is 0 Å². The lowest BCUT2D eigenvalue weighted by Gasteiger charge is -2.19. The van der Waals surface area contributed by atoms with Gasteiger partial charge in [-0.05, 0) is 39.3 Å². The molecule has 0 radical (unpaired) electrons. The highest BCUT2D eigenvalue weighted by Gasteiger charge is 2.25. The van der Waals surface area contributed by atoms with Gasteiger partial charge in [0.15, 0.2) is 15.6 Å². The molecule has 0 fully saturated rings. The molecule has 4 nitrogen and oxygen atoms in total. The van der Waals surface area contributed by atoms with Crippen LogP contribution < -0.4 is 0 Å². The van der Waals surface area contributed by atoms with E-state index in [4.69, 9.17) is 4.74 Å². The van der Waals surface area contributed by atoms with Gasteiger partial charge in [-0.1, -0.05) is 18.2 Å². The van der Waals surface area contributed by atoms with Crippen molar-refractivity contribution in [2.45, 2.75) is 38.2 Å². The van der Waals surface area contributed by atoms with Gasteiger partial charge in [0, 0.05) is 0 Å². The summed E-state index contributed by atoms with van der Waals surface area (Å²) in [5.41, 5.74) is -0.0562. The minimum absolute atomic E-state index is 0.177. The predicted molar refractivity (Wildman–Crippen MR) is 69.1 cm³/mol. The summed E-state index contributed by atoms with van der Waals surface area (Å²) in [6, 6.07) is 6.58. The van der Waals surface area contributed by atoms with Gasteiger partial charge in [0.05, 0.1) is 4.90 Å². The summed E-state index contributed by atoms with van der Waals surface area (Å²) >= 11 is 0. The van der Waals surface area contributed by atoms with Gasteiger partial charge in [0.2, 0.25) is 0 Å². The van der Waals surface area contributed by atoms with Gasteiger partial charge in [-0.2, -0.15) is 0 Å². The number of aryl methyl sites for hydroxylation is 1. The molecule has 0 aromatic heterocycles. The molecular formula is C13H18O4S. The Labute approximate surface area is 108 Å².